The molecule has 1 rings (SSSR count). The van der Waals surface area contributed by atoms with E-state index in [-0.39, 0.29) is 0 Å². The number of aliphatic carboxylic acids is 1. The Morgan fingerprint density at radius 3 is 2.58 bits per heavy atom. The fraction of sp³-hybridized carbons (Fsp3) is 0.667. The van der Waals surface area contributed by atoms with Crippen molar-refractivity contribution in [2.24, 2.45) is 5.41 Å². The normalized spacial score (nSPS) is 34.9. The Hall–Kier alpha value is -0.830. The van der Waals surface area contributed by atoms with Gasteiger partial charge >= 0.3 is 5.97 Å². The highest BCUT2D eigenvalue weighted by Gasteiger charge is 2.43. The first-order valence-corrected chi connectivity index (χ1v) is 4.13. The first-order chi connectivity index (χ1) is 5.53. The van der Waals surface area contributed by atoms with Crippen molar-refractivity contribution in [1.29, 1.82) is 0 Å². The summed E-state index contributed by atoms with van der Waals surface area (Å²) < 4.78 is 0. The molecule has 0 aromatic carbocycles. The Morgan fingerprint density at radius 1 is 1.83 bits per heavy atom. The molecule has 3 heteroatoms. The molecular weight excluding hydrogens is 156 g/mol. The predicted octanol–water partition coefficient (Wildman–Crippen LogP) is 1.18. The number of rotatable bonds is 2. The van der Waals surface area contributed by atoms with Crippen LogP contribution in [0.5, 0.6) is 0 Å². The zero-order valence-corrected chi connectivity index (χ0v) is 7.37. The highest BCUT2D eigenvalue weighted by Crippen LogP contribution is 2.41. The number of hydrogen-bond acceptors (Lipinski definition) is 2. The lowest BCUT2D eigenvalue weighted by atomic mass is 9.79. The second-order valence-electron chi connectivity index (χ2n) is 3.36. The molecule has 3 nitrogen and oxygen atoms in total. The van der Waals surface area contributed by atoms with Gasteiger partial charge in [-0.25, -0.2) is 0 Å². The quantitative estimate of drug-likeness (QED) is 0.612. The van der Waals surface area contributed by atoms with Crippen molar-refractivity contribution < 1.29 is 15.0 Å². The molecule has 1 aliphatic carbocycles. The molecule has 0 aromatic heterocycles. The molecule has 0 spiro atoms. The smallest absolute Gasteiger partial charge is 0.313 e. The molecule has 68 valence electrons. The zero-order chi connectivity index (χ0) is 9.35. The highest BCUT2D eigenvalue weighted by atomic mass is 16.4. The van der Waals surface area contributed by atoms with E-state index in [2.05, 4.69) is 0 Å². The second-order valence-corrected chi connectivity index (χ2v) is 3.36. The van der Waals surface area contributed by atoms with E-state index >= 15 is 0 Å². The maximum atomic E-state index is 11.0. The Labute approximate surface area is 71.7 Å². The summed E-state index contributed by atoms with van der Waals surface area (Å²) in [6.45, 7) is 3.61. The molecule has 2 atom stereocenters. The number of aliphatic hydroxyl groups excluding tert-OH is 1. The van der Waals surface area contributed by atoms with Crippen LogP contribution < -0.4 is 0 Å². The lowest BCUT2D eigenvalue weighted by Gasteiger charge is -2.24. The summed E-state index contributed by atoms with van der Waals surface area (Å²) in [6.07, 6.45) is 1.92. The molecule has 0 aliphatic heterocycles. The Bertz CT molecular complexity index is 232. The fourth-order valence-electron chi connectivity index (χ4n) is 1.86. The van der Waals surface area contributed by atoms with Gasteiger partial charge in [-0.2, -0.15) is 0 Å². The molecule has 0 fully saturated rings. The average molecular weight is 170 g/mol. The van der Waals surface area contributed by atoms with Crippen LogP contribution in [0.25, 0.3) is 0 Å². The molecule has 12 heavy (non-hydrogen) atoms. The minimum absolute atomic E-state index is 0.324. The van der Waals surface area contributed by atoms with Gasteiger partial charge in [-0.1, -0.05) is 18.6 Å². The largest absolute Gasteiger partial charge is 0.481 e. The summed E-state index contributed by atoms with van der Waals surface area (Å²) in [5, 5.41) is 18.3. The first kappa shape index (κ1) is 9.26. The third kappa shape index (κ3) is 1.14. The van der Waals surface area contributed by atoms with Crippen molar-refractivity contribution in [3.63, 3.8) is 0 Å². The van der Waals surface area contributed by atoms with E-state index in [1.54, 1.807) is 13.0 Å². The third-order valence-electron chi connectivity index (χ3n) is 2.77. The standard InChI is InChI=1S/C9H14O3/c1-3-9(8(11)12)5-7(10)4-6(9)2/h4,7,10H,3,5H2,1-2H3,(H,11,12)/t7-,9-/m1/s1. The maximum absolute atomic E-state index is 11.0. The van der Waals surface area contributed by atoms with E-state index in [1.807, 2.05) is 6.92 Å². The van der Waals surface area contributed by atoms with Gasteiger partial charge in [0.2, 0.25) is 0 Å². The molecule has 0 aromatic rings. The lowest BCUT2D eigenvalue weighted by Crippen LogP contribution is -2.30. The number of carboxylic acid groups (broad SMARTS) is 1. The zero-order valence-electron chi connectivity index (χ0n) is 7.37. The minimum atomic E-state index is -0.824. The SMILES string of the molecule is CC[C@@]1(C(=O)O)C[C@H](O)C=C1C. The number of aliphatic hydroxyl groups is 1. The van der Waals surface area contributed by atoms with Crippen LogP contribution in [0.3, 0.4) is 0 Å². The van der Waals surface area contributed by atoms with E-state index in [0.29, 0.717) is 12.8 Å². The van der Waals surface area contributed by atoms with Crippen LogP contribution in [0, 0.1) is 5.41 Å². The van der Waals surface area contributed by atoms with Crippen molar-refractivity contribution in [3.05, 3.63) is 11.6 Å². The fourth-order valence-corrected chi connectivity index (χ4v) is 1.86. The van der Waals surface area contributed by atoms with Crippen molar-refractivity contribution in [2.45, 2.75) is 32.8 Å². The summed E-state index contributed by atoms with van der Waals surface area (Å²) in [6, 6.07) is 0. The maximum Gasteiger partial charge on any atom is 0.313 e. The highest BCUT2D eigenvalue weighted by molar-refractivity contribution is 5.79. The van der Waals surface area contributed by atoms with Gasteiger partial charge in [0.15, 0.2) is 0 Å². The van der Waals surface area contributed by atoms with Gasteiger partial charge in [0.05, 0.1) is 11.5 Å². The molecule has 0 unspecified atom stereocenters. The van der Waals surface area contributed by atoms with E-state index in [0.717, 1.165) is 5.57 Å². The van der Waals surface area contributed by atoms with Crippen LogP contribution in [0.1, 0.15) is 26.7 Å². The molecule has 2 N–H and O–H groups in total. The summed E-state index contributed by atoms with van der Waals surface area (Å²) in [5.74, 6) is -0.824. The van der Waals surface area contributed by atoms with Crippen molar-refractivity contribution in [3.8, 4) is 0 Å². The Kier molecular flexibility index (Phi) is 2.24. The first-order valence-electron chi connectivity index (χ1n) is 4.13. The number of carbonyl (C=O) groups is 1. The molecule has 1 aliphatic rings. The molecule has 0 radical (unpaired) electrons. The van der Waals surface area contributed by atoms with Gasteiger partial charge in [0.25, 0.3) is 0 Å². The van der Waals surface area contributed by atoms with Crippen LogP contribution in [0.15, 0.2) is 11.6 Å². The third-order valence-corrected chi connectivity index (χ3v) is 2.77. The van der Waals surface area contributed by atoms with Crippen LogP contribution >= 0.6 is 0 Å². The van der Waals surface area contributed by atoms with Crippen molar-refractivity contribution in [2.75, 3.05) is 0 Å². The van der Waals surface area contributed by atoms with Crippen LogP contribution in [0.2, 0.25) is 0 Å². The average Bonchev–Trinajstić information content (AvgIpc) is 2.26. The monoisotopic (exact) mass is 170 g/mol. The van der Waals surface area contributed by atoms with E-state index < -0.39 is 17.5 Å². The molecule has 0 heterocycles. The van der Waals surface area contributed by atoms with Crippen LogP contribution in [-0.4, -0.2) is 22.3 Å². The van der Waals surface area contributed by atoms with E-state index in [4.69, 9.17) is 5.11 Å². The van der Waals surface area contributed by atoms with Gasteiger partial charge in [-0.15, -0.1) is 0 Å². The molecule has 0 bridgehead atoms. The van der Waals surface area contributed by atoms with Crippen molar-refractivity contribution in [1.82, 2.24) is 0 Å². The van der Waals surface area contributed by atoms with Crippen LogP contribution in [-0.2, 0) is 4.79 Å². The lowest BCUT2D eigenvalue weighted by molar-refractivity contribution is -0.147. The van der Waals surface area contributed by atoms with Gasteiger partial charge in [-0.3, -0.25) is 4.79 Å². The summed E-state index contributed by atoms with van der Waals surface area (Å²) in [7, 11) is 0. The number of hydrogen-bond donors (Lipinski definition) is 2. The summed E-state index contributed by atoms with van der Waals surface area (Å²) in [5.41, 5.74) is -0.0237. The molecule has 0 saturated heterocycles. The van der Waals surface area contributed by atoms with Gasteiger partial charge in [0, 0.05) is 0 Å². The molecule has 0 saturated carbocycles. The topological polar surface area (TPSA) is 57.5 Å². The number of carboxylic acids is 1. The van der Waals surface area contributed by atoms with Crippen molar-refractivity contribution >= 4 is 5.97 Å². The van der Waals surface area contributed by atoms with E-state index in [1.165, 1.54) is 0 Å². The molecule has 0 amide bonds. The molecular formula is C9H14O3. The minimum Gasteiger partial charge on any atom is -0.481 e. The second kappa shape index (κ2) is 2.90. The van der Waals surface area contributed by atoms with Gasteiger partial charge in [0.1, 0.15) is 0 Å². The van der Waals surface area contributed by atoms with Gasteiger partial charge < -0.3 is 10.2 Å². The van der Waals surface area contributed by atoms with Gasteiger partial charge in [-0.05, 0) is 19.8 Å². The summed E-state index contributed by atoms with van der Waals surface area (Å²) >= 11 is 0. The van der Waals surface area contributed by atoms with E-state index in [9.17, 15) is 9.90 Å². The Balaban J connectivity index is 2.98. The Morgan fingerprint density at radius 2 is 2.42 bits per heavy atom. The predicted molar refractivity (Wildman–Crippen MR) is 44.7 cm³/mol. The summed E-state index contributed by atoms with van der Waals surface area (Å²) in [4.78, 5) is 11.0. The van der Waals surface area contributed by atoms with Crippen LogP contribution in [0.4, 0.5) is 0 Å².